The first kappa shape index (κ1) is 16.3. The Balaban J connectivity index is 1.88. The number of hydrogen-bond acceptors (Lipinski definition) is 4. The van der Waals surface area contributed by atoms with E-state index >= 15 is 0 Å². The summed E-state index contributed by atoms with van der Waals surface area (Å²) in [4.78, 5) is 25.7. The van der Waals surface area contributed by atoms with E-state index in [1.54, 1.807) is 4.90 Å². The maximum absolute atomic E-state index is 12.2. The van der Waals surface area contributed by atoms with Gasteiger partial charge in [0.15, 0.2) is 0 Å². The molecule has 0 spiro atoms. The van der Waals surface area contributed by atoms with Crippen LogP contribution in [0.4, 0.5) is 4.79 Å². The van der Waals surface area contributed by atoms with Crippen molar-refractivity contribution in [1.29, 1.82) is 0 Å². The molecule has 2 rings (SSSR count). The van der Waals surface area contributed by atoms with Crippen LogP contribution in [0.5, 0.6) is 0 Å². The van der Waals surface area contributed by atoms with Crippen molar-refractivity contribution >= 4 is 12.1 Å². The molecule has 1 aliphatic rings. The lowest BCUT2D eigenvalue weighted by Crippen LogP contribution is -2.34. The first-order chi connectivity index (χ1) is 10.5. The fourth-order valence-electron chi connectivity index (χ4n) is 2.72. The van der Waals surface area contributed by atoms with Crippen molar-refractivity contribution < 1.29 is 19.1 Å². The molecule has 5 nitrogen and oxygen atoms in total. The minimum absolute atomic E-state index is 0.202. The summed E-state index contributed by atoms with van der Waals surface area (Å²) in [6.07, 6.45) is 1.77. The van der Waals surface area contributed by atoms with E-state index in [-0.39, 0.29) is 18.7 Å². The molecule has 22 heavy (non-hydrogen) atoms. The van der Waals surface area contributed by atoms with E-state index in [4.69, 9.17) is 9.47 Å². The van der Waals surface area contributed by atoms with Crippen LogP contribution in [-0.2, 0) is 20.9 Å². The zero-order valence-corrected chi connectivity index (χ0v) is 13.2. The quantitative estimate of drug-likeness (QED) is 0.806. The van der Waals surface area contributed by atoms with Crippen molar-refractivity contribution in [2.75, 3.05) is 20.2 Å². The Bertz CT molecular complexity index is 517. The average Bonchev–Trinajstić information content (AvgIpc) is 2.75. The Hall–Kier alpha value is -2.04. The Morgan fingerprint density at radius 1 is 1.18 bits per heavy atom. The lowest BCUT2D eigenvalue weighted by atomic mass is 9.83. The molecular weight excluding hydrogens is 282 g/mol. The second kappa shape index (κ2) is 7.29. The third kappa shape index (κ3) is 4.00. The number of ether oxygens (including phenoxy) is 2. The summed E-state index contributed by atoms with van der Waals surface area (Å²) in [5.74, 6) is -0.202. The number of carbonyl (C=O) groups is 2. The summed E-state index contributed by atoms with van der Waals surface area (Å²) in [6.45, 7) is 3.29. The normalized spacial score (nSPS) is 21.8. The Kier molecular flexibility index (Phi) is 5.41. The molecule has 0 saturated carbocycles. The number of amides is 1. The molecule has 0 aromatic heterocycles. The second-order valence-electron chi connectivity index (χ2n) is 5.93. The van der Waals surface area contributed by atoms with Gasteiger partial charge in [0, 0.05) is 13.1 Å². The molecule has 5 heteroatoms. The number of rotatable bonds is 3. The van der Waals surface area contributed by atoms with Gasteiger partial charge in [0.2, 0.25) is 0 Å². The molecule has 120 valence electrons. The SMILES string of the molecule is COC(=O)C1(C)CCCN(C(=O)OCc2ccccc2)CC1. The fourth-order valence-corrected chi connectivity index (χ4v) is 2.72. The molecular formula is C17H23NO4. The lowest BCUT2D eigenvalue weighted by Gasteiger charge is -2.25. The maximum atomic E-state index is 12.2. The topological polar surface area (TPSA) is 55.8 Å². The van der Waals surface area contributed by atoms with E-state index in [9.17, 15) is 9.59 Å². The highest BCUT2D eigenvalue weighted by Crippen LogP contribution is 2.32. The van der Waals surface area contributed by atoms with Gasteiger partial charge in [0.25, 0.3) is 0 Å². The third-order valence-corrected chi connectivity index (χ3v) is 4.23. The van der Waals surface area contributed by atoms with Crippen LogP contribution in [-0.4, -0.2) is 37.2 Å². The molecule has 0 aliphatic carbocycles. The molecule has 1 fully saturated rings. The van der Waals surface area contributed by atoms with Gasteiger partial charge in [-0.3, -0.25) is 4.79 Å². The zero-order chi connectivity index (χ0) is 16.0. The van der Waals surface area contributed by atoms with Crippen molar-refractivity contribution in [3.8, 4) is 0 Å². The first-order valence-corrected chi connectivity index (χ1v) is 7.59. The van der Waals surface area contributed by atoms with Crippen LogP contribution in [0.3, 0.4) is 0 Å². The van der Waals surface area contributed by atoms with Gasteiger partial charge in [-0.1, -0.05) is 30.3 Å². The summed E-state index contributed by atoms with van der Waals surface area (Å²) < 4.78 is 10.2. The smallest absolute Gasteiger partial charge is 0.410 e. The summed E-state index contributed by atoms with van der Waals surface area (Å²) in [7, 11) is 1.41. The number of carbonyl (C=O) groups excluding carboxylic acids is 2. The Morgan fingerprint density at radius 2 is 1.91 bits per heavy atom. The summed E-state index contributed by atoms with van der Waals surface area (Å²) in [5, 5.41) is 0. The monoisotopic (exact) mass is 305 g/mol. The van der Waals surface area contributed by atoms with Crippen LogP contribution in [0.1, 0.15) is 31.7 Å². The summed E-state index contributed by atoms with van der Waals surface area (Å²) in [6, 6.07) is 9.59. The minimum atomic E-state index is -0.511. The molecule has 1 aromatic carbocycles. The fraction of sp³-hybridized carbons (Fsp3) is 0.529. The highest BCUT2D eigenvalue weighted by Gasteiger charge is 2.37. The molecule has 1 heterocycles. The van der Waals surface area contributed by atoms with Crippen LogP contribution < -0.4 is 0 Å². The molecule has 1 saturated heterocycles. The van der Waals surface area contributed by atoms with Crippen LogP contribution in [0.25, 0.3) is 0 Å². The standard InChI is InChI=1S/C17H23NO4/c1-17(15(19)21-2)9-6-11-18(12-10-17)16(20)22-13-14-7-4-3-5-8-14/h3-5,7-8H,6,9-13H2,1-2H3. The largest absolute Gasteiger partial charge is 0.469 e. The molecule has 1 amide bonds. The predicted octanol–water partition coefficient (Wildman–Crippen LogP) is 2.99. The first-order valence-electron chi connectivity index (χ1n) is 7.59. The highest BCUT2D eigenvalue weighted by atomic mass is 16.6. The molecule has 0 radical (unpaired) electrons. The van der Waals surface area contributed by atoms with Crippen molar-refractivity contribution in [2.45, 2.75) is 32.8 Å². The number of hydrogen-bond donors (Lipinski definition) is 0. The van der Waals surface area contributed by atoms with Crippen LogP contribution in [0.15, 0.2) is 30.3 Å². The van der Waals surface area contributed by atoms with Gasteiger partial charge in [-0.05, 0) is 31.7 Å². The summed E-state index contributed by atoms with van der Waals surface area (Å²) in [5.41, 5.74) is 0.452. The number of esters is 1. The van der Waals surface area contributed by atoms with Gasteiger partial charge in [-0.15, -0.1) is 0 Å². The van der Waals surface area contributed by atoms with E-state index in [2.05, 4.69) is 0 Å². The molecule has 0 bridgehead atoms. The zero-order valence-electron chi connectivity index (χ0n) is 13.2. The Labute approximate surface area is 131 Å². The van der Waals surface area contributed by atoms with Gasteiger partial charge in [-0.25, -0.2) is 4.79 Å². The van der Waals surface area contributed by atoms with Gasteiger partial charge in [0.05, 0.1) is 12.5 Å². The van der Waals surface area contributed by atoms with E-state index < -0.39 is 5.41 Å². The molecule has 1 aromatic rings. The van der Waals surface area contributed by atoms with E-state index in [1.165, 1.54) is 7.11 Å². The van der Waals surface area contributed by atoms with Crippen molar-refractivity contribution in [2.24, 2.45) is 5.41 Å². The van der Waals surface area contributed by atoms with Crippen LogP contribution >= 0.6 is 0 Å². The van der Waals surface area contributed by atoms with Gasteiger partial charge in [-0.2, -0.15) is 0 Å². The second-order valence-corrected chi connectivity index (χ2v) is 5.93. The van der Waals surface area contributed by atoms with E-state index in [0.29, 0.717) is 19.5 Å². The van der Waals surface area contributed by atoms with Gasteiger partial charge < -0.3 is 14.4 Å². The van der Waals surface area contributed by atoms with Crippen LogP contribution in [0, 0.1) is 5.41 Å². The maximum Gasteiger partial charge on any atom is 0.410 e. The van der Waals surface area contributed by atoms with Gasteiger partial charge in [0.1, 0.15) is 6.61 Å². The predicted molar refractivity (Wildman–Crippen MR) is 82.2 cm³/mol. The van der Waals surface area contributed by atoms with Gasteiger partial charge >= 0.3 is 12.1 Å². The summed E-state index contributed by atoms with van der Waals surface area (Å²) >= 11 is 0. The molecule has 1 unspecified atom stereocenters. The number of methoxy groups -OCH3 is 1. The lowest BCUT2D eigenvalue weighted by molar-refractivity contribution is -0.152. The number of nitrogens with zero attached hydrogens (tertiary/aromatic N) is 1. The third-order valence-electron chi connectivity index (χ3n) is 4.23. The highest BCUT2D eigenvalue weighted by molar-refractivity contribution is 5.76. The van der Waals surface area contributed by atoms with Crippen LogP contribution in [0.2, 0.25) is 0 Å². The minimum Gasteiger partial charge on any atom is -0.469 e. The average molecular weight is 305 g/mol. The molecule has 0 N–H and O–H groups in total. The number of benzene rings is 1. The Morgan fingerprint density at radius 3 is 2.59 bits per heavy atom. The van der Waals surface area contributed by atoms with Crippen molar-refractivity contribution in [3.05, 3.63) is 35.9 Å². The van der Waals surface area contributed by atoms with Crippen molar-refractivity contribution in [3.63, 3.8) is 0 Å². The number of likely N-dealkylation sites (tertiary alicyclic amines) is 1. The van der Waals surface area contributed by atoms with Crippen molar-refractivity contribution in [1.82, 2.24) is 4.90 Å². The molecule has 1 atom stereocenters. The van der Waals surface area contributed by atoms with E-state index in [1.807, 2.05) is 37.3 Å². The molecule has 1 aliphatic heterocycles. The van der Waals surface area contributed by atoms with E-state index in [0.717, 1.165) is 18.4 Å².